The van der Waals surface area contributed by atoms with Gasteiger partial charge in [0.25, 0.3) is 0 Å². The first-order valence-corrected chi connectivity index (χ1v) is 8.43. The topological polar surface area (TPSA) is 61.4 Å². The van der Waals surface area contributed by atoms with Crippen molar-refractivity contribution in [3.05, 3.63) is 0 Å². The van der Waals surface area contributed by atoms with Gasteiger partial charge in [-0.05, 0) is 59.2 Å². The number of likely N-dealkylation sites (N-methyl/N-ethyl adjacent to an activating group) is 1. The van der Waals surface area contributed by atoms with Crippen LogP contribution in [0.25, 0.3) is 0 Å². The van der Waals surface area contributed by atoms with Crippen LogP contribution in [0.3, 0.4) is 0 Å². The van der Waals surface area contributed by atoms with Crippen LogP contribution in [0.1, 0.15) is 33.6 Å². The van der Waals surface area contributed by atoms with E-state index in [2.05, 4.69) is 28.8 Å². The van der Waals surface area contributed by atoms with Crippen molar-refractivity contribution >= 4 is 23.6 Å². The number of hydrogen-bond acceptors (Lipinski definition) is 4. The van der Waals surface area contributed by atoms with Crippen molar-refractivity contribution in [2.24, 2.45) is 0 Å². The summed E-state index contributed by atoms with van der Waals surface area (Å²) in [7, 11) is 2.05. The molecule has 0 aliphatic rings. The molecule has 2 amide bonds. The van der Waals surface area contributed by atoms with Crippen molar-refractivity contribution in [3.8, 4) is 0 Å². The van der Waals surface area contributed by atoms with Crippen LogP contribution in [-0.4, -0.2) is 60.9 Å². The zero-order valence-corrected chi connectivity index (χ0v) is 14.2. The lowest BCUT2D eigenvalue weighted by molar-refractivity contribution is -0.121. The maximum atomic E-state index is 11.6. The lowest BCUT2D eigenvalue weighted by Gasteiger charge is -2.23. The van der Waals surface area contributed by atoms with Crippen molar-refractivity contribution in [2.45, 2.75) is 39.2 Å². The molecule has 2 N–H and O–H groups in total. The van der Waals surface area contributed by atoms with Gasteiger partial charge in [-0.1, -0.05) is 0 Å². The van der Waals surface area contributed by atoms with E-state index in [1.807, 2.05) is 11.8 Å². The van der Waals surface area contributed by atoms with Crippen LogP contribution in [-0.2, 0) is 4.79 Å². The SMILES string of the molecule is CSCCCCN(C)CCNC(=O)NC(C)(C)C(C)=O. The summed E-state index contributed by atoms with van der Waals surface area (Å²) in [6, 6.07) is -0.291. The molecule has 0 unspecified atom stereocenters. The first kappa shape index (κ1) is 19.2. The predicted molar refractivity (Wildman–Crippen MR) is 86.4 cm³/mol. The molecule has 0 aromatic heterocycles. The van der Waals surface area contributed by atoms with E-state index in [0.717, 1.165) is 13.1 Å². The lowest BCUT2D eigenvalue weighted by atomic mass is 10.0. The van der Waals surface area contributed by atoms with Crippen LogP contribution in [0.15, 0.2) is 0 Å². The van der Waals surface area contributed by atoms with Gasteiger partial charge in [-0.25, -0.2) is 4.79 Å². The number of Topliss-reactive ketones (excluding diaryl/α,β-unsaturated/α-hetero) is 1. The van der Waals surface area contributed by atoms with Gasteiger partial charge in [0, 0.05) is 13.1 Å². The molecule has 20 heavy (non-hydrogen) atoms. The fourth-order valence-corrected chi connectivity index (χ4v) is 2.01. The number of unbranched alkanes of at least 4 members (excludes halogenated alkanes) is 1. The molecular formula is C14H29N3O2S. The van der Waals surface area contributed by atoms with Crippen molar-refractivity contribution in [1.82, 2.24) is 15.5 Å². The molecular weight excluding hydrogens is 274 g/mol. The Hall–Kier alpha value is -0.750. The summed E-state index contributed by atoms with van der Waals surface area (Å²) in [6.07, 6.45) is 4.53. The summed E-state index contributed by atoms with van der Waals surface area (Å²) in [5.74, 6) is 1.15. The highest BCUT2D eigenvalue weighted by Gasteiger charge is 2.25. The Balaban J connectivity index is 3.73. The smallest absolute Gasteiger partial charge is 0.315 e. The molecule has 0 saturated heterocycles. The Labute approximate surface area is 127 Å². The number of amides is 2. The van der Waals surface area contributed by atoms with E-state index >= 15 is 0 Å². The van der Waals surface area contributed by atoms with Crippen LogP contribution >= 0.6 is 11.8 Å². The molecule has 0 aliphatic carbocycles. The average Bonchev–Trinajstić information content (AvgIpc) is 2.33. The number of nitrogens with one attached hydrogen (secondary N) is 2. The minimum Gasteiger partial charge on any atom is -0.337 e. The monoisotopic (exact) mass is 303 g/mol. The highest BCUT2D eigenvalue weighted by Crippen LogP contribution is 2.02. The van der Waals surface area contributed by atoms with Gasteiger partial charge in [-0.3, -0.25) is 4.79 Å². The minimum atomic E-state index is -0.812. The highest BCUT2D eigenvalue weighted by molar-refractivity contribution is 7.98. The van der Waals surface area contributed by atoms with Crippen molar-refractivity contribution in [2.75, 3.05) is 38.7 Å². The molecule has 0 aromatic rings. The fourth-order valence-electron chi connectivity index (χ4n) is 1.52. The second kappa shape index (κ2) is 10.0. The molecule has 0 aromatic carbocycles. The molecule has 118 valence electrons. The van der Waals surface area contributed by atoms with Gasteiger partial charge in [-0.2, -0.15) is 11.8 Å². The molecule has 0 spiro atoms. The number of hydrogen-bond donors (Lipinski definition) is 2. The van der Waals surface area contributed by atoms with Crippen LogP contribution in [0.5, 0.6) is 0 Å². The number of nitrogens with zero attached hydrogens (tertiary/aromatic N) is 1. The molecule has 0 atom stereocenters. The zero-order valence-electron chi connectivity index (χ0n) is 13.4. The first-order valence-electron chi connectivity index (χ1n) is 7.04. The Morgan fingerprint density at radius 1 is 1.20 bits per heavy atom. The summed E-state index contributed by atoms with van der Waals surface area (Å²) < 4.78 is 0. The summed E-state index contributed by atoms with van der Waals surface area (Å²) in [5, 5.41) is 5.45. The summed E-state index contributed by atoms with van der Waals surface area (Å²) in [6.45, 7) is 7.32. The number of carbonyl (C=O) groups excluding carboxylic acids is 2. The van der Waals surface area contributed by atoms with Crippen molar-refractivity contribution in [3.63, 3.8) is 0 Å². The summed E-state index contributed by atoms with van der Waals surface area (Å²) in [4.78, 5) is 25.2. The normalized spacial score (nSPS) is 11.5. The highest BCUT2D eigenvalue weighted by atomic mass is 32.2. The lowest BCUT2D eigenvalue weighted by Crippen LogP contribution is -2.53. The number of carbonyl (C=O) groups is 2. The van der Waals surface area contributed by atoms with Crippen LogP contribution in [0.2, 0.25) is 0 Å². The number of rotatable bonds is 10. The largest absolute Gasteiger partial charge is 0.337 e. The third kappa shape index (κ3) is 9.20. The van der Waals surface area contributed by atoms with Gasteiger partial charge in [0.15, 0.2) is 5.78 Å². The molecule has 5 nitrogen and oxygen atoms in total. The standard InChI is InChI=1S/C14H29N3O2S/c1-12(18)14(2,3)16-13(19)15-8-10-17(4)9-6-7-11-20-5/h6-11H2,1-5H3,(H2,15,16,19). The van der Waals surface area contributed by atoms with E-state index in [-0.39, 0.29) is 11.8 Å². The molecule has 0 bridgehead atoms. The summed E-state index contributed by atoms with van der Waals surface area (Å²) >= 11 is 1.87. The average molecular weight is 303 g/mol. The molecule has 6 heteroatoms. The predicted octanol–water partition coefficient (Wildman–Crippen LogP) is 1.73. The van der Waals surface area contributed by atoms with Crippen molar-refractivity contribution in [1.29, 1.82) is 0 Å². The van der Waals surface area contributed by atoms with E-state index in [4.69, 9.17) is 0 Å². The second-order valence-corrected chi connectivity index (χ2v) is 6.55. The van der Waals surface area contributed by atoms with Gasteiger partial charge in [0.1, 0.15) is 0 Å². The number of thioether (sulfide) groups is 1. The fraction of sp³-hybridized carbons (Fsp3) is 0.857. The van der Waals surface area contributed by atoms with Gasteiger partial charge >= 0.3 is 6.03 Å². The van der Waals surface area contributed by atoms with Gasteiger partial charge in [0.05, 0.1) is 5.54 Å². The minimum absolute atomic E-state index is 0.0569. The zero-order chi connectivity index (χ0) is 15.6. The van der Waals surface area contributed by atoms with Crippen LogP contribution in [0, 0.1) is 0 Å². The molecule has 0 rings (SSSR count). The third-order valence-electron chi connectivity index (χ3n) is 3.22. The van der Waals surface area contributed by atoms with E-state index in [9.17, 15) is 9.59 Å². The van der Waals surface area contributed by atoms with E-state index < -0.39 is 5.54 Å². The maximum Gasteiger partial charge on any atom is 0.315 e. The Morgan fingerprint density at radius 2 is 1.85 bits per heavy atom. The molecule has 0 aliphatic heterocycles. The second-order valence-electron chi connectivity index (χ2n) is 5.57. The van der Waals surface area contributed by atoms with Crippen molar-refractivity contribution < 1.29 is 9.59 Å². The van der Waals surface area contributed by atoms with E-state index in [1.54, 1.807) is 13.8 Å². The summed E-state index contributed by atoms with van der Waals surface area (Å²) in [5.41, 5.74) is -0.812. The molecule has 0 radical (unpaired) electrons. The van der Waals surface area contributed by atoms with Gasteiger partial charge in [0.2, 0.25) is 0 Å². The molecule has 0 heterocycles. The third-order valence-corrected chi connectivity index (χ3v) is 3.92. The Bertz CT molecular complexity index is 309. The number of ketones is 1. The first-order chi connectivity index (χ1) is 9.29. The maximum absolute atomic E-state index is 11.6. The van der Waals surface area contributed by atoms with E-state index in [0.29, 0.717) is 6.54 Å². The van der Waals surface area contributed by atoms with Crippen LogP contribution in [0.4, 0.5) is 4.79 Å². The van der Waals surface area contributed by atoms with Gasteiger partial charge < -0.3 is 15.5 Å². The Morgan fingerprint density at radius 3 is 2.40 bits per heavy atom. The molecule has 0 fully saturated rings. The van der Waals surface area contributed by atoms with E-state index in [1.165, 1.54) is 25.5 Å². The van der Waals surface area contributed by atoms with Gasteiger partial charge in [-0.15, -0.1) is 0 Å². The quantitative estimate of drug-likeness (QED) is 0.603. The number of urea groups is 1. The van der Waals surface area contributed by atoms with Crippen LogP contribution < -0.4 is 10.6 Å². The molecule has 0 saturated carbocycles. The Kier molecular flexibility index (Phi) is 9.67.